The summed E-state index contributed by atoms with van der Waals surface area (Å²) in [5.41, 5.74) is 0.506. The molecule has 1 N–H and O–H groups in total. The molecule has 2 rings (SSSR count). The fourth-order valence-corrected chi connectivity index (χ4v) is 3.10. The second-order valence-corrected chi connectivity index (χ2v) is 7.97. The van der Waals surface area contributed by atoms with Gasteiger partial charge in [-0.2, -0.15) is 0 Å². The second kappa shape index (κ2) is 9.70. The van der Waals surface area contributed by atoms with Gasteiger partial charge in [0.25, 0.3) is 0 Å². The Morgan fingerprint density at radius 1 is 1.12 bits per heavy atom. The third-order valence-electron chi connectivity index (χ3n) is 4.46. The molecule has 1 amide bonds. The number of benzene rings is 1. The van der Waals surface area contributed by atoms with Crippen molar-refractivity contribution in [2.45, 2.75) is 65.4 Å². The van der Waals surface area contributed by atoms with Crippen LogP contribution in [0.2, 0.25) is 0 Å². The number of carbonyl (C=O) groups is 1. The Morgan fingerprint density at radius 3 is 2.42 bits per heavy atom. The van der Waals surface area contributed by atoms with Gasteiger partial charge in [0.15, 0.2) is 0 Å². The number of hydrogen-bond donors (Lipinski definition) is 1. The molecular weight excluding hydrogens is 330 g/mol. The lowest BCUT2D eigenvalue weighted by molar-refractivity contribution is 0.0520. The van der Waals surface area contributed by atoms with Crippen molar-refractivity contribution in [1.82, 2.24) is 5.32 Å². The largest absolute Gasteiger partial charge is 0.493 e. The van der Waals surface area contributed by atoms with Crippen molar-refractivity contribution in [1.29, 1.82) is 0 Å². The highest BCUT2D eigenvalue weighted by atomic mass is 16.6. The van der Waals surface area contributed by atoms with Crippen LogP contribution in [0.25, 0.3) is 0 Å². The van der Waals surface area contributed by atoms with Gasteiger partial charge in [0, 0.05) is 5.56 Å². The molecule has 0 saturated heterocycles. The average molecular weight is 363 g/mol. The summed E-state index contributed by atoms with van der Waals surface area (Å²) >= 11 is 0. The average Bonchev–Trinajstić information content (AvgIpc) is 2.58. The summed E-state index contributed by atoms with van der Waals surface area (Å²) in [6, 6.07) is 5.86. The van der Waals surface area contributed by atoms with E-state index in [1.165, 1.54) is 32.1 Å². The first-order valence-corrected chi connectivity index (χ1v) is 9.67. The predicted octanol–water partition coefficient (Wildman–Crippen LogP) is 4.86. The maximum absolute atomic E-state index is 11.6. The molecule has 1 aliphatic rings. The molecule has 5 heteroatoms. The van der Waals surface area contributed by atoms with Gasteiger partial charge in [0.1, 0.15) is 23.7 Å². The van der Waals surface area contributed by atoms with E-state index in [1.807, 2.05) is 45.9 Å². The van der Waals surface area contributed by atoms with E-state index >= 15 is 0 Å². The van der Waals surface area contributed by atoms with Crippen LogP contribution in [0.15, 0.2) is 18.2 Å². The molecular formula is C21H33NO4. The van der Waals surface area contributed by atoms with Crippen molar-refractivity contribution in [3.63, 3.8) is 0 Å². The third kappa shape index (κ3) is 7.14. The molecule has 1 saturated carbocycles. The quantitative estimate of drug-likeness (QED) is 0.703. The highest BCUT2D eigenvalue weighted by molar-refractivity contribution is 5.67. The van der Waals surface area contributed by atoms with Crippen LogP contribution in [0, 0.1) is 12.8 Å². The molecule has 26 heavy (non-hydrogen) atoms. The highest BCUT2D eigenvalue weighted by Gasteiger charge is 2.16. The van der Waals surface area contributed by atoms with Crippen LogP contribution < -0.4 is 14.8 Å². The Kier molecular flexibility index (Phi) is 7.61. The van der Waals surface area contributed by atoms with E-state index in [-0.39, 0.29) is 0 Å². The Balaban J connectivity index is 1.76. The van der Waals surface area contributed by atoms with Crippen LogP contribution in [-0.2, 0) is 4.74 Å². The monoisotopic (exact) mass is 363 g/mol. The molecule has 0 spiro atoms. The van der Waals surface area contributed by atoms with Gasteiger partial charge in [0.2, 0.25) is 0 Å². The molecule has 1 aliphatic carbocycles. The maximum atomic E-state index is 11.6. The number of carbonyl (C=O) groups excluding carboxylic acids is 1. The van der Waals surface area contributed by atoms with Crippen LogP contribution in [0.1, 0.15) is 58.4 Å². The number of alkyl carbamates (subject to hydrolysis) is 1. The van der Waals surface area contributed by atoms with Crippen LogP contribution in [0.3, 0.4) is 0 Å². The molecule has 146 valence electrons. The van der Waals surface area contributed by atoms with E-state index in [0.29, 0.717) is 19.1 Å². The molecule has 0 atom stereocenters. The van der Waals surface area contributed by atoms with Crippen molar-refractivity contribution >= 4 is 6.09 Å². The van der Waals surface area contributed by atoms with Crippen LogP contribution in [0.5, 0.6) is 11.5 Å². The fourth-order valence-electron chi connectivity index (χ4n) is 3.10. The molecule has 0 unspecified atom stereocenters. The zero-order chi connectivity index (χ0) is 19.0. The Labute approximate surface area is 157 Å². The van der Waals surface area contributed by atoms with E-state index in [2.05, 4.69) is 5.32 Å². The van der Waals surface area contributed by atoms with Gasteiger partial charge in [-0.3, -0.25) is 0 Å². The lowest BCUT2D eigenvalue weighted by Crippen LogP contribution is -2.34. The number of rotatable bonds is 7. The summed E-state index contributed by atoms with van der Waals surface area (Å²) in [5, 5.41) is 2.69. The van der Waals surface area contributed by atoms with Gasteiger partial charge in [-0.15, -0.1) is 0 Å². The van der Waals surface area contributed by atoms with Gasteiger partial charge in [-0.25, -0.2) is 4.79 Å². The van der Waals surface area contributed by atoms with Crippen LogP contribution in [0.4, 0.5) is 4.79 Å². The Morgan fingerprint density at radius 2 is 1.77 bits per heavy atom. The van der Waals surface area contributed by atoms with Gasteiger partial charge < -0.3 is 19.5 Å². The molecule has 1 aromatic carbocycles. The van der Waals surface area contributed by atoms with Gasteiger partial charge >= 0.3 is 6.09 Å². The van der Waals surface area contributed by atoms with Gasteiger partial charge in [-0.1, -0.05) is 25.3 Å². The fraction of sp³-hybridized carbons (Fsp3) is 0.667. The summed E-state index contributed by atoms with van der Waals surface area (Å²) in [5.74, 6) is 2.34. The normalized spacial score (nSPS) is 15.4. The molecule has 5 nitrogen and oxygen atoms in total. The topological polar surface area (TPSA) is 56.8 Å². The summed E-state index contributed by atoms with van der Waals surface area (Å²) in [7, 11) is 0. The predicted molar refractivity (Wildman–Crippen MR) is 103 cm³/mol. The SMILES string of the molecule is Cc1c(OCCNC(=O)OC(C)(C)C)cccc1OCC1CCCCC1. The van der Waals surface area contributed by atoms with Crippen molar-refractivity contribution < 1.29 is 19.0 Å². The zero-order valence-corrected chi connectivity index (χ0v) is 16.6. The minimum absolute atomic E-state index is 0.381. The number of hydrogen-bond acceptors (Lipinski definition) is 4. The summed E-state index contributed by atoms with van der Waals surface area (Å²) in [6.07, 6.45) is 6.11. The lowest BCUT2D eigenvalue weighted by Gasteiger charge is -2.22. The van der Waals surface area contributed by atoms with E-state index in [4.69, 9.17) is 14.2 Å². The standard InChI is InChI=1S/C21H33NO4/c1-16-18(24-14-13-22-20(23)26-21(2,3)4)11-8-12-19(16)25-15-17-9-6-5-7-10-17/h8,11-12,17H,5-7,9-10,13-15H2,1-4H3,(H,22,23). The van der Waals surface area contributed by atoms with Crippen molar-refractivity contribution in [2.75, 3.05) is 19.8 Å². The maximum Gasteiger partial charge on any atom is 0.407 e. The molecule has 0 aliphatic heterocycles. The van der Waals surface area contributed by atoms with E-state index < -0.39 is 11.7 Å². The molecule has 0 heterocycles. The van der Waals surface area contributed by atoms with E-state index in [0.717, 1.165) is 23.7 Å². The van der Waals surface area contributed by atoms with E-state index in [1.54, 1.807) is 0 Å². The number of amides is 1. The zero-order valence-electron chi connectivity index (χ0n) is 16.6. The Hall–Kier alpha value is -1.91. The Bertz CT molecular complexity index is 574. The molecule has 1 aromatic rings. The van der Waals surface area contributed by atoms with Crippen molar-refractivity contribution in [3.05, 3.63) is 23.8 Å². The lowest BCUT2D eigenvalue weighted by atomic mass is 9.90. The minimum atomic E-state index is -0.495. The first-order valence-electron chi connectivity index (χ1n) is 9.67. The molecule has 0 radical (unpaired) electrons. The summed E-state index contributed by atoms with van der Waals surface area (Å²) in [6.45, 7) is 9.08. The first-order chi connectivity index (χ1) is 12.3. The van der Waals surface area contributed by atoms with Crippen molar-refractivity contribution in [2.24, 2.45) is 5.92 Å². The second-order valence-electron chi connectivity index (χ2n) is 7.97. The summed E-state index contributed by atoms with van der Waals surface area (Å²) < 4.78 is 17.0. The molecule has 0 aromatic heterocycles. The smallest absolute Gasteiger partial charge is 0.407 e. The molecule has 0 bridgehead atoms. The first kappa shape index (κ1) is 20.4. The van der Waals surface area contributed by atoms with Crippen LogP contribution in [-0.4, -0.2) is 31.5 Å². The van der Waals surface area contributed by atoms with Gasteiger partial charge in [-0.05, 0) is 58.6 Å². The van der Waals surface area contributed by atoms with E-state index in [9.17, 15) is 4.79 Å². The number of ether oxygens (including phenoxy) is 3. The van der Waals surface area contributed by atoms with Gasteiger partial charge in [0.05, 0.1) is 13.2 Å². The third-order valence-corrected chi connectivity index (χ3v) is 4.46. The molecule has 1 fully saturated rings. The minimum Gasteiger partial charge on any atom is -0.493 e. The summed E-state index contributed by atoms with van der Waals surface area (Å²) in [4.78, 5) is 11.6. The van der Waals surface area contributed by atoms with Crippen molar-refractivity contribution in [3.8, 4) is 11.5 Å². The van der Waals surface area contributed by atoms with Crippen LogP contribution >= 0.6 is 0 Å². The number of nitrogens with one attached hydrogen (secondary N) is 1. The highest BCUT2D eigenvalue weighted by Crippen LogP contribution is 2.29.